The molecule has 1 unspecified atom stereocenters. The zero-order valence-corrected chi connectivity index (χ0v) is 15.5. The van der Waals surface area contributed by atoms with E-state index in [1.165, 1.54) is 18.4 Å². The topological polar surface area (TPSA) is 84.8 Å². The Morgan fingerprint density at radius 2 is 1.93 bits per heavy atom. The summed E-state index contributed by atoms with van der Waals surface area (Å²) < 4.78 is 35.9. The Morgan fingerprint density at radius 1 is 1.22 bits per heavy atom. The Hall–Kier alpha value is -2.74. The van der Waals surface area contributed by atoms with Crippen molar-refractivity contribution >= 4 is 21.5 Å². The molecule has 0 spiro atoms. The first kappa shape index (κ1) is 19.0. The SMILES string of the molecule is CS(=O)(=O)Cc1ccc(CNC(=O)C2CC(c3cccc(F)c3)=NO2)cc1. The molecular formula is C19H19FN2O4S. The largest absolute Gasteiger partial charge is 0.382 e. The zero-order valence-electron chi connectivity index (χ0n) is 14.7. The second kappa shape index (κ2) is 7.87. The van der Waals surface area contributed by atoms with Gasteiger partial charge in [-0.3, -0.25) is 4.79 Å². The molecule has 0 fully saturated rings. The molecule has 0 aliphatic carbocycles. The van der Waals surface area contributed by atoms with E-state index in [0.29, 0.717) is 16.8 Å². The maximum absolute atomic E-state index is 13.3. The number of rotatable bonds is 6. The maximum Gasteiger partial charge on any atom is 0.264 e. The van der Waals surface area contributed by atoms with E-state index in [4.69, 9.17) is 4.84 Å². The first-order valence-corrected chi connectivity index (χ1v) is 10.4. The van der Waals surface area contributed by atoms with Crippen molar-refractivity contribution in [3.8, 4) is 0 Å². The minimum atomic E-state index is -3.08. The molecule has 142 valence electrons. The van der Waals surface area contributed by atoms with Crippen LogP contribution < -0.4 is 5.32 Å². The standard InChI is InChI=1S/C19H19FN2O4S/c1-27(24,25)12-14-7-5-13(6-8-14)11-21-19(23)18-10-17(22-26-18)15-3-2-4-16(20)9-15/h2-9,18H,10-12H2,1H3,(H,21,23). The highest BCUT2D eigenvalue weighted by Crippen LogP contribution is 2.18. The third-order valence-corrected chi connectivity index (χ3v) is 4.90. The molecule has 0 radical (unpaired) electrons. The normalized spacial score (nSPS) is 16.5. The molecule has 1 aliphatic heterocycles. The van der Waals surface area contributed by atoms with Crippen LogP contribution in [0.4, 0.5) is 4.39 Å². The lowest BCUT2D eigenvalue weighted by Gasteiger charge is -2.10. The molecule has 0 aromatic heterocycles. The number of carbonyl (C=O) groups is 1. The molecule has 27 heavy (non-hydrogen) atoms. The summed E-state index contributed by atoms with van der Waals surface area (Å²) in [7, 11) is -3.08. The zero-order chi connectivity index (χ0) is 19.4. The highest BCUT2D eigenvalue weighted by atomic mass is 32.2. The van der Waals surface area contributed by atoms with Crippen molar-refractivity contribution < 1.29 is 22.4 Å². The molecule has 1 atom stereocenters. The molecule has 6 nitrogen and oxygen atoms in total. The minimum absolute atomic E-state index is 0.0181. The van der Waals surface area contributed by atoms with Crippen molar-refractivity contribution in [1.29, 1.82) is 0 Å². The van der Waals surface area contributed by atoms with E-state index in [1.54, 1.807) is 36.4 Å². The van der Waals surface area contributed by atoms with Crippen LogP contribution in [0.2, 0.25) is 0 Å². The van der Waals surface area contributed by atoms with Crippen LogP contribution in [0.15, 0.2) is 53.7 Å². The Balaban J connectivity index is 1.52. The van der Waals surface area contributed by atoms with Gasteiger partial charge in [0.1, 0.15) is 5.82 Å². The lowest BCUT2D eigenvalue weighted by Crippen LogP contribution is -2.34. The van der Waals surface area contributed by atoms with E-state index in [0.717, 1.165) is 5.56 Å². The van der Waals surface area contributed by atoms with Gasteiger partial charge in [-0.25, -0.2) is 12.8 Å². The van der Waals surface area contributed by atoms with Crippen molar-refractivity contribution in [2.45, 2.75) is 24.8 Å². The second-order valence-corrected chi connectivity index (χ2v) is 8.59. The monoisotopic (exact) mass is 390 g/mol. The fraction of sp³-hybridized carbons (Fsp3) is 0.263. The fourth-order valence-corrected chi connectivity index (χ4v) is 3.51. The minimum Gasteiger partial charge on any atom is -0.382 e. The van der Waals surface area contributed by atoms with Gasteiger partial charge in [0.15, 0.2) is 9.84 Å². The number of oxime groups is 1. The Labute approximate surface area is 157 Å². The molecule has 2 aromatic rings. The number of hydrogen-bond acceptors (Lipinski definition) is 5. The van der Waals surface area contributed by atoms with E-state index in [1.807, 2.05) is 0 Å². The third-order valence-electron chi connectivity index (χ3n) is 4.04. The van der Waals surface area contributed by atoms with Crippen LogP contribution >= 0.6 is 0 Å². The predicted octanol–water partition coefficient (Wildman–Crippen LogP) is 2.18. The second-order valence-electron chi connectivity index (χ2n) is 6.45. The molecule has 2 aromatic carbocycles. The summed E-state index contributed by atoms with van der Waals surface area (Å²) in [6.45, 7) is 0.285. The van der Waals surface area contributed by atoms with Gasteiger partial charge >= 0.3 is 0 Å². The highest BCUT2D eigenvalue weighted by molar-refractivity contribution is 7.89. The number of amides is 1. The van der Waals surface area contributed by atoms with Gasteiger partial charge in [0.05, 0.1) is 11.5 Å². The van der Waals surface area contributed by atoms with E-state index >= 15 is 0 Å². The first-order valence-electron chi connectivity index (χ1n) is 8.32. The van der Waals surface area contributed by atoms with Crippen molar-refractivity contribution in [2.75, 3.05) is 6.26 Å². The number of hydrogen-bond donors (Lipinski definition) is 1. The quantitative estimate of drug-likeness (QED) is 0.819. The van der Waals surface area contributed by atoms with Crippen molar-refractivity contribution in [1.82, 2.24) is 5.32 Å². The number of benzene rings is 2. The van der Waals surface area contributed by atoms with Crippen LogP contribution in [-0.4, -0.2) is 32.4 Å². The van der Waals surface area contributed by atoms with Gasteiger partial charge in [0, 0.05) is 24.8 Å². The molecule has 1 amide bonds. The van der Waals surface area contributed by atoms with Gasteiger partial charge in [-0.2, -0.15) is 0 Å². The van der Waals surface area contributed by atoms with Crippen LogP contribution in [0.5, 0.6) is 0 Å². The molecule has 1 aliphatic rings. The van der Waals surface area contributed by atoms with Crippen LogP contribution in [0, 0.1) is 5.82 Å². The van der Waals surface area contributed by atoms with E-state index < -0.39 is 15.9 Å². The Kier molecular flexibility index (Phi) is 5.55. The van der Waals surface area contributed by atoms with Gasteiger partial charge in [-0.05, 0) is 23.3 Å². The van der Waals surface area contributed by atoms with Gasteiger partial charge in [0.25, 0.3) is 5.91 Å². The number of nitrogens with one attached hydrogen (secondary N) is 1. The van der Waals surface area contributed by atoms with Crippen molar-refractivity contribution in [2.24, 2.45) is 5.16 Å². The molecule has 1 N–H and O–H groups in total. The van der Waals surface area contributed by atoms with Crippen LogP contribution in [0.1, 0.15) is 23.1 Å². The average molecular weight is 390 g/mol. The van der Waals surface area contributed by atoms with Crippen LogP contribution in [0.3, 0.4) is 0 Å². The van der Waals surface area contributed by atoms with Gasteiger partial charge in [-0.1, -0.05) is 41.6 Å². The summed E-state index contributed by atoms with van der Waals surface area (Å²) in [5, 5.41) is 6.64. The fourth-order valence-electron chi connectivity index (χ4n) is 2.72. The summed E-state index contributed by atoms with van der Waals surface area (Å²) in [6, 6.07) is 13.0. The van der Waals surface area contributed by atoms with Gasteiger partial charge in [-0.15, -0.1) is 0 Å². The summed E-state index contributed by atoms with van der Waals surface area (Å²) in [5.74, 6) is -0.705. The molecule has 0 saturated heterocycles. The van der Waals surface area contributed by atoms with Crippen molar-refractivity contribution in [3.63, 3.8) is 0 Å². The predicted molar refractivity (Wildman–Crippen MR) is 99.3 cm³/mol. The lowest BCUT2D eigenvalue weighted by molar-refractivity contribution is -0.131. The molecular weight excluding hydrogens is 371 g/mol. The van der Waals surface area contributed by atoms with E-state index in [2.05, 4.69) is 10.5 Å². The average Bonchev–Trinajstić information content (AvgIpc) is 3.10. The molecule has 0 bridgehead atoms. The van der Waals surface area contributed by atoms with Crippen LogP contribution in [0.25, 0.3) is 0 Å². The number of carbonyl (C=O) groups excluding carboxylic acids is 1. The summed E-state index contributed by atoms with van der Waals surface area (Å²) in [4.78, 5) is 17.4. The Bertz CT molecular complexity index is 971. The van der Waals surface area contributed by atoms with E-state index in [-0.39, 0.29) is 30.4 Å². The Morgan fingerprint density at radius 3 is 2.59 bits per heavy atom. The van der Waals surface area contributed by atoms with Gasteiger partial charge < -0.3 is 10.2 Å². The maximum atomic E-state index is 13.3. The first-order chi connectivity index (χ1) is 12.8. The number of halogens is 1. The van der Waals surface area contributed by atoms with Gasteiger partial charge in [0.2, 0.25) is 6.10 Å². The number of sulfone groups is 1. The summed E-state index contributed by atoms with van der Waals surface area (Å²) >= 11 is 0. The lowest BCUT2D eigenvalue weighted by atomic mass is 10.0. The summed E-state index contributed by atoms with van der Waals surface area (Å²) in [6.07, 6.45) is 0.693. The highest BCUT2D eigenvalue weighted by Gasteiger charge is 2.28. The molecule has 1 heterocycles. The third kappa shape index (κ3) is 5.37. The van der Waals surface area contributed by atoms with E-state index in [9.17, 15) is 17.6 Å². The van der Waals surface area contributed by atoms with Crippen LogP contribution in [-0.2, 0) is 31.8 Å². The number of nitrogens with zero attached hydrogens (tertiary/aromatic N) is 1. The van der Waals surface area contributed by atoms with Crippen molar-refractivity contribution in [3.05, 3.63) is 71.0 Å². The molecule has 0 saturated carbocycles. The molecule has 8 heteroatoms. The summed E-state index contributed by atoms with van der Waals surface area (Å²) in [5.41, 5.74) is 2.65. The molecule has 3 rings (SSSR count). The smallest absolute Gasteiger partial charge is 0.264 e.